The molecule has 0 unspecified atom stereocenters. The minimum absolute atomic E-state index is 0.496. The molecule has 0 saturated heterocycles. The fourth-order valence-corrected chi connectivity index (χ4v) is 2.51. The molecule has 0 aliphatic heterocycles. The number of aryl methyl sites for hydroxylation is 1. The van der Waals surface area contributed by atoms with Gasteiger partial charge < -0.3 is 10.5 Å². The Hall–Kier alpha value is -1.39. The molecule has 0 spiro atoms. The summed E-state index contributed by atoms with van der Waals surface area (Å²) in [5.74, 6) is 0.861. The minimum Gasteiger partial charge on any atom is -0.497 e. The van der Waals surface area contributed by atoms with Gasteiger partial charge in [0.25, 0.3) is 0 Å². The molecule has 0 radical (unpaired) electrons. The van der Waals surface area contributed by atoms with Gasteiger partial charge in [-0.3, -0.25) is 0 Å². The number of thiazole rings is 1. The molecule has 0 saturated carbocycles. The van der Waals surface area contributed by atoms with Gasteiger partial charge in [0.15, 0.2) is 0 Å². The molecule has 2 N–H and O–H groups in total. The van der Waals surface area contributed by atoms with Crippen LogP contribution in [0.15, 0.2) is 24.3 Å². The zero-order valence-electron chi connectivity index (χ0n) is 9.36. The van der Waals surface area contributed by atoms with Crippen molar-refractivity contribution in [2.75, 3.05) is 7.11 Å². The number of benzene rings is 1. The zero-order chi connectivity index (χ0) is 11.5. The lowest BCUT2D eigenvalue weighted by Crippen LogP contribution is -1.94. The van der Waals surface area contributed by atoms with Crippen molar-refractivity contribution in [2.24, 2.45) is 5.73 Å². The highest BCUT2D eigenvalue weighted by Gasteiger charge is 2.09. The van der Waals surface area contributed by atoms with Crippen LogP contribution in [0.3, 0.4) is 0 Å². The average Bonchev–Trinajstić information content (AvgIpc) is 2.71. The maximum Gasteiger partial charge on any atom is 0.119 e. The molecular weight excluding hydrogens is 220 g/mol. The summed E-state index contributed by atoms with van der Waals surface area (Å²) in [7, 11) is 1.67. The van der Waals surface area contributed by atoms with E-state index in [0.717, 1.165) is 22.0 Å². The first-order valence-electron chi connectivity index (χ1n) is 5.05. The summed E-state index contributed by atoms with van der Waals surface area (Å²) in [5, 5.41) is 0.968. The molecule has 0 amide bonds. The molecule has 4 heteroatoms. The lowest BCUT2D eigenvalue weighted by Gasteiger charge is -2.02. The van der Waals surface area contributed by atoms with E-state index < -0.39 is 0 Å². The van der Waals surface area contributed by atoms with E-state index in [1.54, 1.807) is 18.4 Å². The molecule has 1 aromatic heterocycles. The van der Waals surface area contributed by atoms with Gasteiger partial charge in [-0.1, -0.05) is 12.1 Å². The highest BCUT2D eigenvalue weighted by atomic mass is 32.1. The van der Waals surface area contributed by atoms with Gasteiger partial charge in [0.2, 0.25) is 0 Å². The first kappa shape index (κ1) is 11.1. The molecule has 2 aromatic rings. The topological polar surface area (TPSA) is 48.1 Å². The van der Waals surface area contributed by atoms with Crippen molar-refractivity contribution in [3.63, 3.8) is 0 Å². The van der Waals surface area contributed by atoms with Gasteiger partial charge in [0, 0.05) is 6.54 Å². The van der Waals surface area contributed by atoms with Crippen LogP contribution in [0, 0.1) is 6.92 Å². The third-order valence-electron chi connectivity index (χ3n) is 2.35. The van der Waals surface area contributed by atoms with Gasteiger partial charge >= 0.3 is 0 Å². The van der Waals surface area contributed by atoms with Crippen LogP contribution in [-0.4, -0.2) is 12.1 Å². The summed E-state index contributed by atoms with van der Waals surface area (Å²) in [5.41, 5.74) is 7.75. The number of ether oxygens (including phenoxy) is 1. The van der Waals surface area contributed by atoms with Crippen LogP contribution < -0.4 is 10.5 Å². The number of hydrogen-bond donors (Lipinski definition) is 1. The van der Waals surface area contributed by atoms with Gasteiger partial charge in [0.1, 0.15) is 10.8 Å². The normalized spacial score (nSPS) is 10.4. The molecule has 0 atom stereocenters. The van der Waals surface area contributed by atoms with Crippen molar-refractivity contribution in [2.45, 2.75) is 13.5 Å². The number of nitrogens with zero attached hydrogens (tertiary/aromatic N) is 1. The van der Waals surface area contributed by atoms with Gasteiger partial charge in [-0.15, -0.1) is 11.3 Å². The quantitative estimate of drug-likeness (QED) is 0.888. The SMILES string of the molecule is COc1cccc(-c2sc(CN)nc2C)c1. The third-order valence-corrected chi connectivity index (χ3v) is 3.58. The zero-order valence-corrected chi connectivity index (χ0v) is 10.2. The van der Waals surface area contributed by atoms with Crippen molar-refractivity contribution < 1.29 is 4.74 Å². The molecule has 2 rings (SSSR count). The molecule has 0 aliphatic rings. The lowest BCUT2D eigenvalue weighted by molar-refractivity contribution is 0.415. The van der Waals surface area contributed by atoms with Crippen molar-refractivity contribution in [1.29, 1.82) is 0 Å². The Labute approximate surface area is 98.9 Å². The fraction of sp³-hybridized carbons (Fsp3) is 0.250. The maximum atomic E-state index is 5.59. The first-order valence-corrected chi connectivity index (χ1v) is 5.87. The number of methoxy groups -OCH3 is 1. The summed E-state index contributed by atoms with van der Waals surface area (Å²) in [6.45, 7) is 2.50. The molecule has 0 bridgehead atoms. The fourth-order valence-electron chi connectivity index (χ4n) is 1.57. The van der Waals surface area contributed by atoms with Crippen molar-refractivity contribution in [3.05, 3.63) is 35.0 Å². The molecule has 1 aromatic carbocycles. The predicted octanol–water partition coefficient (Wildman–Crippen LogP) is 2.59. The second-order valence-corrected chi connectivity index (χ2v) is 4.54. The highest BCUT2D eigenvalue weighted by molar-refractivity contribution is 7.15. The Morgan fingerprint density at radius 3 is 2.88 bits per heavy atom. The van der Waals surface area contributed by atoms with Crippen LogP contribution in [0.25, 0.3) is 10.4 Å². The van der Waals surface area contributed by atoms with E-state index in [4.69, 9.17) is 10.5 Å². The van der Waals surface area contributed by atoms with Gasteiger partial charge in [-0.2, -0.15) is 0 Å². The first-order chi connectivity index (χ1) is 7.74. The number of hydrogen-bond acceptors (Lipinski definition) is 4. The smallest absolute Gasteiger partial charge is 0.119 e. The van der Waals surface area contributed by atoms with E-state index in [2.05, 4.69) is 11.1 Å². The van der Waals surface area contributed by atoms with Crippen LogP contribution in [0.2, 0.25) is 0 Å². The Kier molecular flexibility index (Phi) is 3.22. The van der Waals surface area contributed by atoms with Crippen LogP contribution >= 0.6 is 11.3 Å². The van der Waals surface area contributed by atoms with Gasteiger partial charge in [-0.05, 0) is 24.6 Å². The Bertz CT molecular complexity index is 494. The van der Waals surface area contributed by atoms with E-state index in [0.29, 0.717) is 6.54 Å². The summed E-state index contributed by atoms with van der Waals surface area (Å²) >= 11 is 1.64. The summed E-state index contributed by atoms with van der Waals surface area (Å²) in [6, 6.07) is 7.99. The number of nitrogens with two attached hydrogens (primary N) is 1. The van der Waals surface area contributed by atoms with Crippen LogP contribution in [0.4, 0.5) is 0 Å². The molecular formula is C12H14N2OS. The van der Waals surface area contributed by atoms with Crippen molar-refractivity contribution >= 4 is 11.3 Å². The van der Waals surface area contributed by atoms with E-state index in [9.17, 15) is 0 Å². The van der Waals surface area contributed by atoms with Crippen molar-refractivity contribution in [3.8, 4) is 16.2 Å². The van der Waals surface area contributed by atoms with E-state index in [-0.39, 0.29) is 0 Å². The monoisotopic (exact) mass is 234 g/mol. The largest absolute Gasteiger partial charge is 0.497 e. The molecule has 1 heterocycles. The minimum atomic E-state index is 0.496. The summed E-state index contributed by atoms with van der Waals surface area (Å²) in [4.78, 5) is 5.58. The van der Waals surface area contributed by atoms with Gasteiger partial charge in [-0.25, -0.2) is 4.98 Å². The Balaban J connectivity index is 2.45. The number of rotatable bonds is 3. The third kappa shape index (κ3) is 2.08. The highest BCUT2D eigenvalue weighted by Crippen LogP contribution is 2.31. The van der Waals surface area contributed by atoms with E-state index in [1.807, 2.05) is 25.1 Å². The standard InChI is InChI=1S/C12H14N2OS/c1-8-12(16-11(7-13)14-8)9-4-3-5-10(6-9)15-2/h3-6H,7,13H2,1-2H3. The predicted molar refractivity (Wildman–Crippen MR) is 66.7 cm³/mol. The number of aromatic nitrogens is 1. The summed E-state index contributed by atoms with van der Waals surface area (Å²) < 4.78 is 5.21. The van der Waals surface area contributed by atoms with E-state index in [1.165, 1.54) is 4.88 Å². The van der Waals surface area contributed by atoms with Crippen LogP contribution in [0.5, 0.6) is 5.75 Å². The van der Waals surface area contributed by atoms with Crippen LogP contribution in [-0.2, 0) is 6.54 Å². The lowest BCUT2D eigenvalue weighted by atomic mass is 10.1. The maximum absolute atomic E-state index is 5.59. The molecule has 3 nitrogen and oxygen atoms in total. The molecule has 0 fully saturated rings. The Morgan fingerprint density at radius 2 is 2.25 bits per heavy atom. The Morgan fingerprint density at radius 1 is 1.44 bits per heavy atom. The second kappa shape index (κ2) is 4.63. The van der Waals surface area contributed by atoms with Crippen molar-refractivity contribution in [1.82, 2.24) is 4.98 Å². The van der Waals surface area contributed by atoms with E-state index >= 15 is 0 Å². The second-order valence-electron chi connectivity index (χ2n) is 3.46. The molecule has 0 aliphatic carbocycles. The molecule has 84 valence electrons. The molecule has 16 heavy (non-hydrogen) atoms. The average molecular weight is 234 g/mol. The summed E-state index contributed by atoms with van der Waals surface area (Å²) in [6.07, 6.45) is 0. The van der Waals surface area contributed by atoms with Crippen LogP contribution in [0.1, 0.15) is 10.7 Å². The van der Waals surface area contributed by atoms with Gasteiger partial charge in [0.05, 0.1) is 17.7 Å².